The number of likely N-dealkylation sites (N-methyl/N-ethyl adjacent to an activating group) is 1. The summed E-state index contributed by atoms with van der Waals surface area (Å²) < 4.78 is 0. The van der Waals surface area contributed by atoms with Crippen molar-refractivity contribution >= 4 is 17.4 Å². The molecule has 23 heavy (non-hydrogen) atoms. The largest absolute Gasteiger partial charge is 0.324 e. The Kier molecular flexibility index (Phi) is 3.00. The van der Waals surface area contributed by atoms with E-state index in [9.17, 15) is 9.59 Å². The predicted octanol–water partition coefficient (Wildman–Crippen LogP) is 1.37. The van der Waals surface area contributed by atoms with E-state index >= 15 is 0 Å². The summed E-state index contributed by atoms with van der Waals surface area (Å²) in [6, 6.07) is 6.06. The molecule has 2 unspecified atom stereocenters. The number of piperidine rings is 1. The Morgan fingerprint density at radius 2 is 1.96 bits per heavy atom. The number of benzene rings is 1. The third kappa shape index (κ3) is 1.64. The average molecular weight is 313 g/mol. The van der Waals surface area contributed by atoms with Crippen molar-refractivity contribution in [3.63, 3.8) is 0 Å². The minimum Gasteiger partial charge on any atom is -0.324 e. The third-order valence-corrected chi connectivity index (χ3v) is 6.07. The van der Waals surface area contributed by atoms with Gasteiger partial charge < -0.3 is 10.2 Å². The summed E-state index contributed by atoms with van der Waals surface area (Å²) in [7, 11) is 4.03. The Morgan fingerprint density at radius 3 is 2.74 bits per heavy atom. The van der Waals surface area contributed by atoms with Crippen LogP contribution in [0, 0.1) is 12.3 Å². The van der Waals surface area contributed by atoms with Gasteiger partial charge in [-0.25, -0.2) is 0 Å². The van der Waals surface area contributed by atoms with Crippen molar-refractivity contribution in [3.8, 4) is 0 Å². The number of nitrogens with one attached hydrogen (secondary N) is 1. The first-order valence-electron chi connectivity index (χ1n) is 8.27. The predicted molar refractivity (Wildman–Crippen MR) is 88.3 cm³/mol. The van der Waals surface area contributed by atoms with E-state index in [-0.39, 0.29) is 11.7 Å². The third-order valence-electron chi connectivity index (χ3n) is 6.07. The highest BCUT2D eigenvalue weighted by Gasteiger charge is 2.70. The van der Waals surface area contributed by atoms with E-state index in [1.54, 1.807) is 0 Å². The van der Waals surface area contributed by atoms with E-state index < -0.39 is 11.0 Å². The van der Waals surface area contributed by atoms with Gasteiger partial charge in [0.15, 0.2) is 0 Å². The van der Waals surface area contributed by atoms with Gasteiger partial charge in [0.25, 0.3) is 5.91 Å². The Balaban J connectivity index is 1.99. The minimum atomic E-state index is -0.861. The van der Waals surface area contributed by atoms with Gasteiger partial charge in [0.05, 0.1) is 5.41 Å². The number of carbonyl (C=O) groups excluding carboxylic acids is 2. The van der Waals surface area contributed by atoms with E-state index in [0.29, 0.717) is 13.0 Å². The van der Waals surface area contributed by atoms with E-state index in [1.807, 2.05) is 33.2 Å². The maximum Gasteiger partial charge on any atom is 0.250 e. The number of hydrogen-bond acceptors (Lipinski definition) is 4. The van der Waals surface area contributed by atoms with Gasteiger partial charge in [-0.2, -0.15) is 0 Å². The number of Topliss-reactive ketones (excluding diaryl/α,β-unsaturated/α-hetero) is 1. The Labute approximate surface area is 136 Å². The number of nitrogens with zero attached hydrogens (tertiary/aromatic N) is 2. The fourth-order valence-corrected chi connectivity index (χ4v) is 5.02. The number of hydrogen-bond donors (Lipinski definition) is 1. The van der Waals surface area contributed by atoms with Crippen LogP contribution in [0.5, 0.6) is 0 Å². The summed E-state index contributed by atoms with van der Waals surface area (Å²) in [6.45, 7) is 4.23. The molecule has 0 saturated carbocycles. The van der Waals surface area contributed by atoms with Crippen molar-refractivity contribution in [3.05, 3.63) is 29.3 Å². The molecule has 2 spiro atoms. The van der Waals surface area contributed by atoms with Gasteiger partial charge in [0, 0.05) is 37.3 Å². The Hall–Kier alpha value is -1.72. The van der Waals surface area contributed by atoms with Gasteiger partial charge in [-0.3, -0.25) is 14.5 Å². The number of amides is 1. The van der Waals surface area contributed by atoms with Crippen molar-refractivity contribution in [2.75, 3.05) is 39.0 Å². The molecular formula is C18H23N3O2. The molecule has 0 aliphatic carbocycles. The number of ketones is 1. The molecule has 0 bridgehead atoms. The quantitative estimate of drug-likeness (QED) is 0.786. The van der Waals surface area contributed by atoms with Crippen molar-refractivity contribution in [2.24, 2.45) is 5.41 Å². The summed E-state index contributed by atoms with van der Waals surface area (Å²) >= 11 is 0. The molecule has 3 aliphatic rings. The summed E-state index contributed by atoms with van der Waals surface area (Å²) in [5.41, 5.74) is 1.45. The highest BCUT2D eigenvalue weighted by molar-refractivity contribution is 6.11. The standard InChI is InChI=1S/C18H23N3O2/c1-12-4-5-14-13(10-12)18(16(23)19-14)17(7-9-21(18)3)11-20(2)8-6-15(17)22/h4-5,10H,6-9,11H2,1-3H3,(H,19,23). The molecule has 5 heteroatoms. The normalized spacial score (nSPS) is 34.4. The number of fused-ring (bicyclic) bond motifs is 3. The molecule has 3 aliphatic heterocycles. The fraction of sp³-hybridized carbons (Fsp3) is 0.556. The zero-order chi connectivity index (χ0) is 16.4. The first kappa shape index (κ1) is 14.8. The molecule has 122 valence electrons. The van der Waals surface area contributed by atoms with Crippen LogP contribution < -0.4 is 5.32 Å². The SMILES string of the molecule is Cc1ccc2c(c1)C1(C(=O)N2)N(C)CCC12CN(C)CCC2=O. The van der Waals surface area contributed by atoms with Crippen LogP contribution in [0.25, 0.3) is 0 Å². The lowest BCUT2D eigenvalue weighted by Gasteiger charge is -2.48. The first-order chi connectivity index (χ1) is 10.9. The van der Waals surface area contributed by atoms with Crippen molar-refractivity contribution in [1.29, 1.82) is 0 Å². The van der Waals surface area contributed by atoms with Crippen LogP contribution in [0.2, 0.25) is 0 Å². The van der Waals surface area contributed by atoms with Crippen molar-refractivity contribution in [2.45, 2.75) is 25.3 Å². The highest BCUT2D eigenvalue weighted by Crippen LogP contribution is 2.58. The maximum atomic E-state index is 13.2. The van der Waals surface area contributed by atoms with Crippen LogP contribution in [0.15, 0.2) is 18.2 Å². The van der Waals surface area contributed by atoms with E-state index in [0.717, 1.165) is 36.3 Å². The van der Waals surface area contributed by atoms with Crippen LogP contribution in [0.3, 0.4) is 0 Å². The lowest BCUT2D eigenvalue weighted by Crippen LogP contribution is -2.63. The summed E-state index contributed by atoms with van der Waals surface area (Å²) in [4.78, 5) is 30.6. The molecule has 4 rings (SSSR count). The molecule has 2 saturated heterocycles. The Morgan fingerprint density at radius 1 is 1.17 bits per heavy atom. The second-order valence-corrected chi connectivity index (χ2v) is 7.38. The monoisotopic (exact) mass is 313 g/mol. The number of anilines is 1. The average Bonchev–Trinajstić information content (AvgIpc) is 2.96. The van der Waals surface area contributed by atoms with Gasteiger partial charge >= 0.3 is 0 Å². The second kappa shape index (κ2) is 4.65. The smallest absolute Gasteiger partial charge is 0.250 e. The zero-order valence-electron chi connectivity index (χ0n) is 14.0. The molecule has 2 atom stereocenters. The van der Waals surface area contributed by atoms with Crippen LogP contribution >= 0.6 is 0 Å². The molecule has 0 radical (unpaired) electrons. The van der Waals surface area contributed by atoms with Crippen LogP contribution in [-0.4, -0.2) is 55.2 Å². The number of rotatable bonds is 0. The summed E-state index contributed by atoms with van der Waals surface area (Å²) in [5, 5.41) is 3.04. The molecule has 1 amide bonds. The van der Waals surface area contributed by atoms with Crippen LogP contribution in [-0.2, 0) is 15.1 Å². The summed E-state index contributed by atoms with van der Waals surface area (Å²) in [5.74, 6) is 0.200. The highest BCUT2D eigenvalue weighted by atomic mass is 16.2. The van der Waals surface area contributed by atoms with Gasteiger partial charge in [0.1, 0.15) is 11.3 Å². The minimum absolute atomic E-state index is 0.0400. The molecule has 0 aromatic heterocycles. The molecule has 2 fully saturated rings. The van der Waals surface area contributed by atoms with Crippen LogP contribution in [0.1, 0.15) is 24.0 Å². The molecule has 1 N–H and O–H groups in total. The van der Waals surface area contributed by atoms with Gasteiger partial charge in [-0.1, -0.05) is 17.7 Å². The maximum absolute atomic E-state index is 13.2. The molecule has 1 aromatic carbocycles. The number of likely N-dealkylation sites (tertiary alicyclic amines) is 2. The van der Waals surface area contributed by atoms with E-state index in [2.05, 4.69) is 21.2 Å². The molecular weight excluding hydrogens is 290 g/mol. The van der Waals surface area contributed by atoms with Crippen LogP contribution in [0.4, 0.5) is 5.69 Å². The van der Waals surface area contributed by atoms with E-state index in [4.69, 9.17) is 0 Å². The Bertz CT molecular complexity index is 716. The molecule has 1 aromatic rings. The van der Waals surface area contributed by atoms with Gasteiger partial charge in [-0.05, 0) is 33.5 Å². The molecule has 3 heterocycles. The van der Waals surface area contributed by atoms with Crippen molar-refractivity contribution < 1.29 is 9.59 Å². The molecule has 5 nitrogen and oxygen atoms in total. The lowest BCUT2D eigenvalue weighted by atomic mass is 9.62. The summed E-state index contributed by atoms with van der Waals surface area (Å²) in [6.07, 6.45) is 1.27. The van der Waals surface area contributed by atoms with Gasteiger partial charge in [0.2, 0.25) is 0 Å². The van der Waals surface area contributed by atoms with E-state index in [1.165, 1.54) is 0 Å². The fourth-order valence-electron chi connectivity index (χ4n) is 5.02. The second-order valence-electron chi connectivity index (χ2n) is 7.38. The lowest BCUT2D eigenvalue weighted by molar-refractivity contribution is -0.149. The number of aryl methyl sites for hydroxylation is 1. The zero-order valence-corrected chi connectivity index (χ0v) is 14.0. The first-order valence-corrected chi connectivity index (χ1v) is 8.27. The van der Waals surface area contributed by atoms with Crippen molar-refractivity contribution in [1.82, 2.24) is 9.80 Å². The number of carbonyl (C=O) groups is 2. The topological polar surface area (TPSA) is 52.7 Å². The van der Waals surface area contributed by atoms with Gasteiger partial charge in [-0.15, -0.1) is 0 Å².